The third-order valence-electron chi connectivity index (χ3n) is 6.36. The van der Waals surface area contributed by atoms with E-state index in [4.69, 9.17) is 14.2 Å². The summed E-state index contributed by atoms with van der Waals surface area (Å²) in [5.74, 6) is -1.20. The van der Waals surface area contributed by atoms with Gasteiger partial charge in [-0.3, -0.25) is 19.1 Å². The van der Waals surface area contributed by atoms with Gasteiger partial charge in [-0.25, -0.2) is 19.3 Å². The SMILES string of the molecule is COC(=O)[C@H](Cc1ccc(OCC2=C=CC=C2)cc1)N(C(=O)Cn1cc(C)c(=O)[nH]c1=O)C(=O)OCc1ccccc1. The van der Waals surface area contributed by atoms with Crippen LogP contribution in [0, 0.1) is 6.92 Å². The van der Waals surface area contributed by atoms with Crippen molar-refractivity contribution in [2.24, 2.45) is 0 Å². The van der Waals surface area contributed by atoms with E-state index in [0.717, 1.165) is 17.3 Å². The number of allylic oxidation sites excluding steroid dienone is 1. The van der Waals surface area contributed by atoms with Crippen LogP contribution in [-0.4, -0.2) is 52.2 Å². The molecule has 11 nitrogen and oxygen atoms in total. The summed E-state index contributed by atoms with van der Waals surface area (Å²) in [6, 6.07) is 14.2. The van der Waals surface area contributed by atoms with Crippen molar-refractivity contribution in [3.8, 4) is 5.75 Å². The molecule has 42 heavy (non-hydrogen) atoms. The number of amides is 2. The van der Waals surface area contributed by atoms with Gasteiger partial charge in [0.15, 0.2) is 0 Å². The van der Waals surface area contributed by atoms with Gasteiger partial charge < -0.3 is 14.2 Å². The number of aromatic nitrogens is 2. The van der Waals surface area contributed by atoms with Crippen LogP contribution in [0.3, 0.4) is 0 Å². The highest BCUT2D eigenvalue weighted by Gasteiger charge is 2.37. The highest BCUT2D eigenvalue weighted by atomic mass is 16.6. The van der Waals surface area contributed by atoms with Gasteiger partial charge >= 0.3 is 17.8 Å². The lowest BCUT2D eigenvalue weighted by Crippen LogP contribution is -2.52. The van der Waals surface area contributed by atoms with Gasteiger partial charge in [0, 0.05) is 23.8 Å². The van der Waals surface area contributed by atoms with Crippen LogP contribution in [0.5, 0.6) is 5.75 Å². The number of hydrogen-bond donors (Lipinski definition) is 1. The Kier molecular flexibility index (Phi) is 9.70. The van der Waals surface area contributed by atoms with Crippen LogP contribution in [0.25, 0.3) is 0 Å². The van der Waals surface area contributed by atoms with Gasteiger partial charge in [-0.05, 0) is 42.3 Å². The molecule has 3 aromatic rings. The maximum atomic E-state index is 13.6. The normalized spacial score (nSPS) is 12.4. The molecule has 1 aliphatic carbocycles. The number of methoxy groups -OCH3 is 1. The van der Waals surface area contributed by atoms with Crippen LogP contribution in [0.2, 0.25) is 0 Å². The lowest BCUT2D eigenvalue weighted by Gasteiger charge is -2.28. The fourth-order valence-corrected chi connectivity index (χ4v) is 4.13. The molecular formula is C31H29N3O8. The van der Waals surface area contributed by atoms with Gasteiger partial charge in [0.1, 0.15) is 31.5 Å². The number of aromatic amines is 1. The first kappa shape index (κ1) is 29.6. The Morgan fingerprint density at radius 3 is 2.40 bits per heavy atom. The highest BCUT2D eigenvalue weighted by Crippen LogP contribution is 2.19. The van der Waals surface area contributed by atoms with Crippen molar-refractivity contribution in [2.75, 3.05) is 13.7 Å². The number of ether oxygens (including phenoxy) is 3. The number of carbonyl (C=O) groups is 3. The van der Waals surface area contributed by atoms with Crippen LogP contribution in [0.1, 0.15) is 16.7 Å². The molecule has 1 heterocycles. The van der Waals surface area contributed by atoms with Crippen molar-refractivity contribution < 1.29 is 28.6 Å². The molecule has 1 aromatic heterocycles. The molecule has 11 heteroatoms. The summed E-state index contributed by atoms with van der Waals surface area (Å²) in [6.45, 7) is 0.988. The molecule has 0 aliphatic heterocycles. The molecule has 4 rings (SSSR count). The van der Waals surface area contributed by atoms with E-state index in [9.17, 15) is 24.0 Å². The molecule has 1 aliphatic rings. The van der Waals surface area contributed by atoms with E-state index in [1.54, 1.807) is 60.7 Å². The quantitative estimate of drug-likeness (QED) is 0.274. The average Bonchev–Trinajstić information content (AvgIpc) is 3.52. The van der Waals surface area contributed by atoms with Crippen LogP contribution >= 0.6 is 0 Å². The molecular weight excluding hydrogens is 542 g/mol. The summed E-state index contributed by atoms with van der Waals surface area (Å²) >= 11 is 0. The maximum absolute atomic E-state index is 13.6. The molecule has 2 amide bonds. The largest absolute Gasteiger partial charge is 0.488 e. The van der Waals surface area contributed by atoms with Gasteiger partial charge in [0.2, 0.25) is 0 Å². The van der Waals surface area contributed by atoms with Gasteiger partial charge in [-0.2, -0.15) is 0 Å². The predicted molar refractivity (Wildman–Crippen MR) is 152 cm³/mol. The molecule has 0 saturated carbocycles. The third kappa shape index (κ3) is 7.61. The molecule has 0 saturated heterocycles. The Balaban J connectivity index is 1.59. The van der Waals surface area contributed by atoms with Crippen molar-refractivity contribution in [1.82, 2.24) is 14.5 Å². The molecule has 0 bridgehead atoms. The van der Waals surface area contributed by atoms with Crippen molar-refractivity contribution in [3.05, 3.63) is 128 Å². The van der Waals surface area contributed by atoms with Crippen LogP contribution in [0.15, 0.2) is 99.9 Å². The van der Waals surface area contributed by atoms with E-state index >= 15 is 0 Å². The Labute approximate surface area is 241 Å². The van der Waals surface area contributed by atoms with Gasteiger partial charge in [0.05, 0.1) is 7.11 Å². The number of H-pyrrole nitrogens is 1. The first-order valence-electron chi connectivity index (χ1n) is 13.0. The van der Waals surface area contributed by atoms with Gasteiger partial charge in [0.25, 0.3) is 11.5 Å². The Morgan fingerprint density at radius 2 is 1.74 bits per heavy atom. The second-order valence-corrected chi connectivity index (χ2v) is 9.37. The van der Waals surface area contributed by atoms with Crippen LogP contribution in [0.4, 0.5) is 4.79 Å². The van der Waals surface area contributed by atoms with Crippen LogP contribution in [-0.2, 0) is 38.6 Å². The number of carbonyl (C=O) groups excluding carboxylic acids is 3. The maximum Gasteiger partial charge on any atom is 0.417 e. The molecule has 216 valence electrons. The van der Waals surface area contributed by atoms with E-state index in [-0.39, 0.29) is 18.6 Å². The second kappa shape index (κ2) is 13.8. The van der Waals surface area contributed by atoms with E-state index in [1.807, 2.05) is 12.2 Å². The van der Waals surface area contributed by atoms with E-state index < -0.39 is 41.8 Å². The summed E-state index contributed by atoms with van der Waals surface area (Å²) in [4.78, 5) is 66.8. The zero-order chi connectivity index (χ0) is 30.1. The lowest BCUT2D eigenvalue weighted by atomic mass is 10.0. The topological polar surface area (TPSA) is 137 Å². The van der Waals surface area contributed by atoms with E-state index in [2.05, 4.69) is 10.7 Å². The lowest BCUT2D eigenvalue weighted by molar-refractivity contribution is -0.151. The summed E-state index contributed by atoms with van der Waals surface area (Å²) in [5.41, 5.74) is 3.94. The molecule has 0 radical (unpaired) electrons. The number of esters is 1. The van der Waals surface area contributed by atoms with E-state index in [1.165, 1.54) is 13.1 Å². The standard InChI is InChI=1S/C31H29N3O8/c1-21-17-33(30(38)32-28(21)36)18-27(35)34(31(39)42-20-24-8-4-3-5-9-24)26(29(37)40-2)16-22-12-14-25(15-13-22)41-19-23-10-6-7-11-23/h3-10,12-15,17,26H,16,18-20H2,1-2H3,(H,32,36,38)/t26-/m0/s1. The number of imide groups is 1. The number of nitrogens with one attached hydrogen (secondary N) is 1. The number of aryl methyl sites for hydroxylation is 1. The number of nitrogens with zero attached hydrogens (tertiary/aromatic N) is 2. The minimum Gasteiger partial charge on any atom is -0.488 e. The molecule has 0 fully saturated rings. The second-order valence-electron chi connectivity index (χ2n) is 9.37. The van der Waals surface area contributed by atoms with Crippen molar-refractivity contribution >= 4 is 18.0 Å². The first-order valence-corrected chi connectivity index (χ1v) is 13.0. The molecule has 1 atom stereocenters. The summed E-state index contributed by atoms with van der Waals surface area (Å²) < 4.78 is 17.1. The highest BCUT2D eigenvalue weighted by molar-refractivity contribution is 5.97. The van der Waals surface area contributed by atoms with Crippen molar-refractivity contribution in [1.29, 1.82) is 0 Å². The molecule has 1 N–H and O–H groups in total. The zero-order valence-corrected chi connectivity index (χ0v) is 23.1. The van der Waals surface area contributed by atoms with Crippen molar-refractivity contribution in [2.45, 2.75) is 32.5 Å². The zero-order valence-electron chi connectivity index (χ0n) is 23.1. The molecule has 0 unspecified atom stereocenters. The van der Waals surface area contributed by atoms with Crippen molar-refractivity contribution in [3.63, 3.8) is 0 Å². The summed E-state index contributed by atoms with van der Waals surface area (Å²) in [7, 11) is 1.14. The fourth-order valence-electron chi connectivity index (χ4n) is 4.13. The fraction of sp³-hybridized carbons (Fsp3) is 0.226. The summed E-state index contributed by atoms with van der Waals surface area (Å²) in [5, 5.41) is 0. The van der Waals surface area contributed by atoms with E-state index in [0.29, 0.717) is 28.4 Å². The number of benzene rings is 2. The number of rotatable bonds is 11. The molecule has 0 spiro atoms. The van der Waals surface area contributed by atoms with Crippen LogP contribution < -0.4 is 16.0 Å². The average molecular weight is 572 g/mol. The monoisotopic (exact) mass is 571 g/mol. The van der Waals surface area contributed by atoms with Gasteiger partial charge in [-0.15, -0.1) is 5.73 Å². The van der Waals surface area contributed by atoms with Gasteiger partial charge in [-0.1, -0.05) is 48.5 Å². The first-order chi connectivity index (χ1) is 20.2. The minimum atomic E-state index is -1.42. The third-order valence-corrected chi connectivity index (χ3v) is 6.36. The Hall–Kier alpha value is -5.41. The Bertz CT molecular complexity index is 1660. The number of hydrogen-bond acceptors (Lipinski definition) is 8. The summed E-state index contributed by atoms with van der Waals surface area (Å²) in [6.07, 6.45) is 5.54. The Morgan fingerprint density at radius 1 is 1.00 bits per heavy atom. The smallest absolute Gasteiger partial charge is 0.417 e. The molecule has 2 aromatic carbocycles. The minimum absolute atomic E-state index is 0.102. The predicted octanol–water partition coefficient (Wildman–Crippen LogP) is 2.82.